The summed E-state index contributed by atoms with van der Waals surface area (Å²) in [7, 11) is 0. The maximum atomic E-state index is 12.0. The predicted molar refractivity (Wildman–Crippen MR) is 110 cm³/mol. The normalized spacial score (nSPS) is 13.4. The Morgan fingerprint density at radius 3 is 2.00 bits per heavy atom. The summed E-state index contributed by atoms with van der Waals surface area (Å²) < 4.78 is 0. The highest BCUT2D eigenvalue weighted by molar-refractivity contribution is 5.86. The van der Waals surface area contributed by atoms with Crippen LogP contribution in [0.3, 0.4) is 0 Å². The van der Waals surface area contributed by atoms with Gasteiger partial charge in [-0.05, 0) is 28.7 Å². The van der Waals surface area contributed by atoms with Gasteiger partial charge in [0.25, 0.3) is 0 Å². The summed E-state index contributed by atoms with van der Waals surface area (Å²) in [5.74, 6) is -0.897. The van der Waals surface area contributed by atoms with Gasteiger partial charge in [-0.3, -0.25) is 4.99 Å². The van der Waals surface area contributed by atoms with Gasteiger partial charge in [0, 0.05) is 12.6 Å². The minimum atomic E-state index is -1.15. The molecule has 0 saturated heterocycles. The number of rotatable bonds is 7. The van der Waals surface area contributed by atoms with Crippen molar-refractivity contribution in [3.05, 3.63) is 96.1 Å². The van der Waals surface area contributed by atoms with Gasteiger partial charge in [-0.1, -0.05) is 91.9 Å². The van der Waals surface area contributed by atoms with E-state index in [0.29, 0.717) is 12.8 Å². The molecule has 0 aliphatic carbocycles. The molecule has 3 aromatic carbocycles. The summed E-state index contributed by atoms with van der Waals surface area (Å²) in [6.45, 7) is 1.87. The molecule has 0 spiro atoms. The lowest BCUT2D eigenvalue weighted by Crippen LogP contribution is -2.38. The van der Waals surface area contributed by atoms with Gasteiger partial charge in [-0.2, -0.15) is 0 Å². The number of carbonyl (C=O) groups is 1. The van der Waals surface area contributed by atoms with Gasteiger partial charge in [0.05, 0.1) is 0 Å². The molecule has 27 heavy (non-hydrogen) atoms. The minimum absolute atomic E-state index is 0.373. The lowest BCUT2D eigenvalue weighted by molar-refractivity contribution is -0.143. The average molecular weight is 357 g/mol. The quantitative estimate of drug-likeness (QED) is 0.587. The van der Waals surface area contributed by atoms with Crippen LogP contribution in [0.4, 0.5) is 0 Å². The Morgan fingerprint density at radius 2 is 1.44 bits per heavy atom. The maximum absolute atomic E-state index is 12.0. The van der Waals surface area contributed by atoms with Gasteiger partial charge in [-0.15, -0.1) is 0 Å². The molecule has 3 heteroatoms. The number of nitrogens with zero attached hydrogens (tertiary/aromatic N) is 1. The predicted octanol–water partition coefficient (Wildman–Crippen LogP) is 5.25. The van der Waals surface area contributed by atoms with Gasteiger partial charge in [0.1, 0.15) is 0 Å². The highest BCUT2D eigenvalue weighted by Gasteiger charge is 2.35. The summed E-state index contributed by atoms with van der Waals surface area (Å²) in [6, 6.07) is 27.8. The van der Waals surface area contributed by atoms with Crippen LogP contribution < -0.4 is 0 Å². The first-order valence-corrected chi connectivity index (χ1v) is 9.11. The van der Waals surface area contributed by atoms with Crippen molar-refractivity contribution in [1.29, 1.82) is 0 Å². The lowest BCUT2D eigenvalue weighted by Gasteiger charge is -2.23. The van der Waals surface area contributed by atoms with Crippen molar-refractivity contribution in [2.45, 2.75) is 25.3 Å². The van der Waals surface area contributed by atoms with E-state index < -0.39 is 11.5 Å². The molecule has 1 N–H and O–H groups in total. The Hall–Kier alpha value is -3.20. The number of hydrogen-bond acceptors (Lipinski definition) is 2. The topological polar surface area (TPSA) is 49.7 Å². The Kier molecular flexibility index (Phi) is 5.82. The number of aliphatic carboxylic acids is 1. The molecule has 3 nitrogen and oxygen atoms in total. The Balaban J connectivity index is 1.83. The van der Waals surface area contributed by atoms with Crippen LogP contribution in [0.2, 0.25) is 0 Å². The summed E-state index contributed by atoms with van der Waals surface area (Å²) in [5, 5.41) is 9.84. The summed E-state index contributed by atoms with van der Waals surface area (Å²) in [6.07, 6.45) is 2.48. The first-order valence-electron chi connectivity index (χ1n) is 9.11. The molecule has 3 rings (SSSR count). The van der Waals surface area contributed by atoms with Crippen molar-refractivity contribution < 1.29 is 9.90 Å². The summed E-state index contributed by atoms with van der Waals surface area (Å²) in [5.41, 5.74) is 2.98. The van der Waals surface area contributed by atoms with Gasteiger partial charge >= 0.3 is 5.97 Å². The van der Waals surface area contributed by atoms with Crippen LogP contribution in [0.5, 0.6) is 0 Å². The Bertz CT molecular complexity index is 902. The third kappa shape index (κ3) is 4.50. The first kappa shape index (κ1) is 18.6. The molecule has 0 radical (unpaired) electrons. The standard InChI is InChI=1S/C24H23NO2/c1-2-24(23(26)27,17-19-9-5-3-6-10-19)25-18-20-13-15-22(16-14-20)21-11-7-4-8-12-21/h3-16,18H,2,17H2,1H3,(H,26,27)/t24-/m0/s1. The van der Waals surface area contributed by atoms with E-state index in [-0.39, 0.29) is 0 Å². The van der Waals surface area contributed by atoms with Crippen LogP contribution in [0.25, 0.3) is 11.1 Å². The van der Waals surface area contributed by atoms with Crippen molar-refractivity contribution in [1.82, 2.24) is 0 Å². The van der Waals surface area contributed by atoms with Crippen LogP contribution in [0.1, 0.15) is 24.5 Å². The number of carboxylic acid groups (broad SMARTS) is 1. The molecule has 136 valence electrons. The Morgan fingerprint density at radius 1 is 0.889 bits per heavy atom. The van der Waals surface area contributed by atoms with E-state index >= 15 is 0 Å². The van der Waals surface area contributed by atoms with E-state index in [9.17, 15) is 9.90 Å². The number of aliphatic imine (C=N–C) groups is 1. The number of benzene rings is 3. The third-order valence-corrected chi connectivity index (χ3v) is 4.80. The van der Waals surface area contributed by atoms with Crippen molar-refractivity contribution in [2.24, 2.45) is 4.99 Å². The number of hydrogen-bond donors (Lipinski definition) is 1. The molecular weight excluding hydrogens is 334 g/mol. The first-order chi connectivity index (χ1) is 13.1. The lowest BCUT2D eigenvalue weighted by atomic mass is 9.89. The van der Waals surface area contributed by atoms with Crippen molar-refractivity contribution in [3.63, 3.8) is 0 Å². The molecule has 0 bridgehead atoms. The van der Waals surface area contributed by atoms with E-state index in [1.165, 1.54) is 0 Å². The minimum Gasteiger partial charge on any atom is -0.479 e. The fraction of sp³-hybridized carbons (Fsp3) is 0.167. The fourth-order valence-electron chi connectivity index (χ4n) is 3.07. The summed E-state index contributed by atoms with van der Waals surface area (Å²) >= 11 is 0. The Labute approximate surface area is 160 Å². The highest BCUT2D eigenvalue weighted by Crippen LogP contribution is 2.24. The van der Waals surface area contributed by atoms with Crippen LogP contribution in [-0.2, 0) is 11.2 Å². The van der Waals surface area contributed by atoms with Gasteiger partial charge in [-0.25, -0.2) is 4.79 Å². The molecule has 0 aromatic heterocycles. The molecule has 0 unspecified atom stereocenters. The van der Waals surface area contributed by atoms with Crippen LogP contribution in [0, 0.1) is 0 Å². The van der Waals surface area contributed by atoms with Crippen molar-refractivity contribution >= 4 is 12.2 Å². The smallest absolute Gasteiger partial charge is 0.331 e. The number of carboxylic acids is 1. The molecule has 0 amide bonds. The second kappa shape index (κ2) is 8.45. The average Bonchev–Trinajstić information content (AvgIpc) is 2.73. The van der Waals surface area contributed by atoms with Crippen LogP contribution in [0.15, 0.2) is 89.9 Å². The molecular formula is C24H23NO2. The van der Waals surface area contributed by atoms with E-state index in [1.54, 1.807) is 6.21 Å². The molecule has 3 aromatic rings. The third-order valence-electron chi connectivity index (χ3n) is 4.80. The molecule has 0 heterocycles. The second-order valence-electron chi connectivity index (χ2n) is 6.60. The van der Waals surface area contributed by atoms with E-state index in [1.807, 2.05) is 79.7 Å². The molecule has 0 saturated carbocycles. The summed E-state index contributed by atoms with van der Waals surface area (Å²) in [4.78, 5) is 16.5. The molecule has 1 atom stereocenters. The zero-order chi connectivity index (χ0) is 19.1. The van der Waals surface area contributed by atoms with E-state index in [2.05, 4.69) is 17.1 Å². The van der Waals surface area contributed by atoms with Gasteiger partial charge in [0.15, 0.2) is 5.54 Å². The molecule has 0 aliphatic rings. The van der Waals surface area contributed by atoms with E-state index in [4.69, 9.17) is 0 Å². The fourth-order valence-corrected chi connectivity index (χ4v) is 3.07. The highest BCUT2D eigenvalue weighted by atomic mass is 16.4. The second-order valence-corrected chi connectivity index (χ2v) is 6.60. The van der Waals surface area contributed by atoms with E-state index in [0.717, 1.165) is 22.3 Å². The SMILES string of the molecule is CC[C@@](Cc1ccccc1)(N=Cc1ccc(-c2ccccc2)cc1)C(=O)O. The van der Waals surface area contributed by atoms with Crippen molar-refractivity contribution in [3.8, 4) is 11.1 Å². The van der Waals surface area contributed by atoms with Crippen molar-refractivity contribution in [2.75, 3.05) is 0 Å². The zero-order valence-electron chi connectivity index (χ0n) is 15.4. The zero-order valence-corrected chi connectivity index (χ0v) is 15.4. The molecule has 0 aliphatic heterocycles. The van der Waals surface area contributed by atoms with Gasteiger partial charge < -0.3 is 5.11 Å². The van der Waals surface area contributed by atoms with Gasteiger partial charge in [0.2, 0.25) is 0 Å². The largest absolute Gasteiger partial charge is 0.479 e. The monoisotopic (exact) mass is 357 g/mol. The molecule has 0 fully saturated rings. The van der Waals surface area contributed by atoms with Crippen LogP contribution in [-0.4, -0.2) is 22.8 Å². The van der Waals surface area contributed by atoms with Crippen LogP contribution >= 0.6 is 0 Å². The maximum Gasteiger partial charge on any atom is 0.331 e.